The smallest absolute Gasteiger partial charge is 0.326 e. The average Bonchev–Trinajstić information content (AvgIpc) is 3.01. The maximum absolute atomic E-state index is 13.6. The van der Waals surface area contributed by atoms with Crippen molar-refractivity contribution in [1.29, 1.82) is 0 Å². The molecular weight excluding hydrogens is 614 g/mol. The van der Waals surface area contributed by atoms with Gasteiger partial charge in [0.05, 0.1) is 12.6 Å². The molecule has 0 bridgehead atoms. The SMILES string of the molecule is CC(C)C[C@H](NC(=O)[C@H](CCC(=O)O)NC(=O)[C@H](Cc1ccc(O)cc1)NC(=O)[C@H](CO)NC(=O)[C@@H](N)Cc1ccccc1)C(=O)O. The van der Waals surface area contributed by atoms with Gasteiger partial charge in [0.15, 0.2) is 0 Å². The molecule has 0 spiro atoms. The average molecular weight is 658 g/mol. The molecule has 0 aliphatic rings. The van der Waals surface area contributed by atoms with E-state index in [1.54, 1.807) is 44.2 Å². The summed E-state index contributed by atoms with van der Waals surface area (Å²) >= 11 is 0. The molecule has 0 fully saturated rings. The van der Waals surface area contributed by atoms with E-state index in [0.29, 0.717) is 5.56 Å². The number of carboxylic acids is 2. The van der Waals surface area contributed by atoms with Crippen molar-refractivity contribution in [3.8, 4) is 5.75 Å². The molecule has 15 nitrogen and oxygen atoms in total. The van der Waals surface area contributed by atoms with Gasteiger partial charge in [-0.25, -0.2) is 4.79 Å². The fraction of sp³-hybridized carbons (Fsp3) is 0.438. The molecule has 0 saturated carbocycles. The van der Waals surface area contributed by atoms with Crippen LogP contribution in [-0.2, 0) is 41.6 Å². The standard InChI is InChI=1S/C32H43N5O10/c1-18(2)14-25(32(46)47)36-29(43)23(12-13-27(40)41)34-30(44)24(16-20-8-10-21(39)11-9-20)35-31(45)26(17-38)37-28(42)22(33)15-19-6-4-3-5-7-19/h3-11,18,22-26,38-39H,12-17,33H2,1-2H3,(H,34,44)(H,35,45)(H,36,43)(H,37,42)(H,40,41)(H,46,47)/t22-,23-,24-,25-,26-/m0/s1. The highest BCUT2D eigenvalue weighted by Gasteiger charge is 2.32. The number of benzene rings is 2. The van der Waals surface area contributed by atoms with E-state index in [2.05, 4.69) is 21.3 Å². The number of carbonyl (C=O) groups excluding carboxylic acids is 4. The number of carbonyl (C=O) groups is 6. The van der Waals surface area contributed by atoms with E-state index in [4.69, 9.17) is 5.73 Å². The Morgan fingerprint density at radius 3 is 1.74 bits per heavy atom. The van der Waals surface area contributed by atoms with Gasteiger partial charge in [-0.05, 0) is 48.4 Å². The van der Waals surface area contributed by atoms with E-state index >= 15 is 0 Å². The lowest BCUT2D eigenvalue weighted by Gasteiger charge is -2.26. The molecule has 2 aromatic rings. The van der Waals surface area contributed by atoms with Gasteiger partial charge in [0.25, 0.3) is 0 Å². The molecule has 4 amide bonds. The fourth-order valence-electron chi connectivity index (χ4n) is 4.56. The van der Waals surface area contributed by atoms with E-state index in [1.807, 2.05) is 0 Å². The number of phenols is 1. The zero-order valence-corrected chi connectivity index (χ0v) is 26.2. The maximum atomic E-state index is 13.6. The first-order valence-corrected chi connectivity index (χ1v) is 15.0. The van der Waals surface area contributed by atoms with Gasteiger partial charge < -0.3 is 47.4 Å². The minimum atomic E-state index is -1.52. The molecule has 0 aliphatic carbocycles. The molecular formula is C32H43N5O10. The molecule has 5 atom stereocenters. The van der Waals surface area contributed by atoms with Crippen LogP contribution < -0.4 is 27.0 Å². The second-order valence-electron chi connectivity index (χ2n) is 11.5. The van der Waals surface area contributed by atoms with Gasteiger partial charge in [0, 0.05) is 12.8 Å². The second kappa shape index (κ2) is 18.8. The Morgan fingerprint density at radius 1 is 0.681 bits per heavy atom. The minimum Gasteiger partial charge on any atom is -0.508 e. The van der Waals surface area contributed by atoms with Crippen molar-refractivity contribution < 1.29 is 49.2 Å². The molecule has 0 aromatic heterocycles. The number of carboxylic acid groups (broad SMARTS) is 2. The summed E-state index contributed by atoms with van der Waals surface area (Å²) in [5.41, 5.74) is 7.24. The maximum Gasteiger partial charge on any atom is 0.326 e. The lowest BCUT2D eigenvalue weighted by Crippen LogP contribution is -2.59. The van der Waals surface area contributed by atoms with Crippen LogP contribution in [0.25, 0.3) is 0 Å². The topological polar surface area (TPSA) is 257 Å². The summed E-state index contributed by atoms with van der Waals surface area (Å²) in [7, 11) is 0. The quantitative estimate of drug-likeness (QED) is 0.0924. The van der Waals surface area contributed by atoms with Crippen molar-refractivity contribution >= 4 is 35.6 Å². The number of aliphatic hydroxyl groups excluding tert-OH is 1. The van der Waals surface area contributed by atoms with Gasteiger partial charge in [0.1, 0.15) is 29.9 Å². The van der Waals surface area contributed by atoms with E-state index in [9.17, 15) is 49.2 Å². The molecule has 0 saturated heterocycles. The van der Waals surface area contributed by atoms with Crippen LogP contribution in [0.1, 0.15) is 44.2 Å². The number of phenolic OH excluding ortho intramolecular Hbond substituents is 1. The summed E-state index contributed by atoms with van der Waals surface area (Å²) in [5.74, 6) is -6.31. The Kier molecular flexibility index (Phi) is 15.3. The number of rotatable bonds is 19. The van der Waals surface area contributed by atoms with E-state index in [-0.39, 0.29) is 30.9 Å². The summed E-state index contributed by atoms with van der Waals surface area (Å²) in [4.78, 5) is 75.7. The van der Waals surface area contributed by atoms with E-state index in [1.165, 1.54) is 24.3 Å². The van der Waals surface area contributed by atoms with Crippen LogP contribution in [0, 0.1) is 5.92 Å². The van der Waals surface area contributed by atoms with Crippen LogP contribution >= 0.6 is 0 Å². The molecule has 0 heterocycles. The molecule has 10 N–H and O–H groups in total. The summed E-state index contributed by atoms with van der Waals surface area (Å²) in [6.45, 7) is 2.65. The van der Waals surface area contributed by atoms with Crippen molar-refractivity contribution in [1.82, 2.24) is 21.3 Å². The number of amides is 4. The van der Waals surface area contributed by atoms with E-state index in [0.717, 1.165) is 5.56 Å². The molecule has 2 rings (SSSR count). The Balaban J connectivity index is 2.26. The summed E-state index contributed by atoms with van der Waals surface area (Å²) in [6, 6.07) is 7.74. The number of aliphatic hydroxyl groups is 1. The van der Waals surface area contributed by atoms with Gasteiger partial charge in [-0.2, -0.15) is 0 Å². The van der Waals surface area contributed by atoms with Crippen LogP contribution in [-0.4, -0.2) is 92.8 Å². The number of hydrogen-bond donors (Lipinski definition) is 9. The van der Waals surface area contributed by atoms with Gasteiger partial charge >= 0.3 is 11.9 Å². The Bertz CT molecular complexity index is 1370. The summed E-state index contributed by atoms with van der Waals surface area (Å²) < 4.78 is 0. The highest BCUT2D eigenvalue weighted by molar-refractivity contribution is 5.95. The largest absolute Gasteiger partial charge is 0.508 e. The summed E-state index contributed by atoms with van der Waals surface area (Å²) in [5, 5.41) is 47.9. The first-order valence-electron chi connectivity index (χ1n) is 15.0. The zero-order chi connectivity index (χ0) is 35.1. The molecule has 0 unspecified atom stereocenters. The van der Waals surface area contributed by atoms with Gasteiger partial charge in [-0.1, -0.05) is 56.3 Å². The first kappa shape index (κ1) is 38.2. The van der Waals surface area contributed by atoms with Crippen LogP contribution in [0.4, 0.5) is 0 Å². The molecule has 256 valence electrons. The molecule has 2 aromatic carbocycles. The van der Waals surface area contributed by atoms with Gasteiger partial charge in [-0.3, -0.25) is 24.0 Å². The highest BCUT2D eigenvalue weighted by Crippen LogP contribution is 2.13. The first-order chi connectivity index (χ1) is 22.2. The van der Waals surface area contributed by atoms with Crippen molar-refractivity contribution in [3.63, 3.8) is 0 Å². The van der Waals surface area contributed by atoms with Crippen LogP contribution in [0.5, 0.6) is 5.75 Å². The van der Waals surface area contributed by atoms with Crippen molar-refractivity contribution in [2.75, 3.05) is 6.61 Å². The van der Waals surface area contributed by atoms with Crippen LogP contribution in [0.2, 0.25) is 0 Å². The third-order valence-electron chi connectivity index (χ3n) is 7.06. The molecule has 0 radical (unpaired) electrons. The number of nitrogens with one attached hydrogen (secondary N) is 4. The van der Waals surface area contributed by atoms with Crippen molar-refractivity contribution in [3.05, 3.63) is 65.7 Å². The predicted octanol–water partition coefficient (Wildman–Crippen LogP) is -0.568. The number of aromatic hydroxyl groups is 1. The van der Waals surface area contributed by atoms with Crippen molar-refractivity contribution in [2.24, 2.45) is 11.7 Å². The van der Waals surface area contributed by atoms with Gasteiger partial charge in [0.2, 0.25) is 23.6 Å². The monoisotopic (exact) mass is 657 g/mol. The van der Waals surface area contributed by atoms with Crippen molar-refractivity contribution in [2.45, 2.75) is 76.2 Å². The highest BCUT2D eigenvalue weighted by atomic mass is 16.4. The number of aliphatic carboxylic acids is 2. The lowest BCUT2D eigenvalue weighted by atomic mass is 10.0. The third-order valence-corrected chi connectivity index (χ3v) is 7.06. The summed E-state index contributed by atoms with van der Waals surface area (Å²) in [6.07, 6.45) is -0.899. The van der Waals surface area contributed by atoms with Crippen LogP contribution in [0.3, 0.4) is 0 Å². The molecule has 47 heavy (non-hydrogen) atoms. The van der Waals surface area contributed by atoms with E-state index < -0.39 is 85.2 Å². The lowest BCUT2D eigenvalue weighted by molar-refractivity contribution is -0.143. The third kappa shape index (κ3) is 13.5. The Labute approximate surface area is 271 Å². The van der Waals surface area contributed by atoms with Gasteiger partial charge in [-0.15, -0.1) is 0 Å². The molecule has 0 aliphatic heterocycles. The normalized spacial score (nSPS) is 14.1. The Morgan fingerprint density at radius 2 is 1.19 bits per heavy atom. The fourth-order valence-corrected chi connectivity index (χ4v) is 4.56. The van der Waals surface area contributed by atoms with Crippen LogP contribution in [0.15, 0.2) is 54.6 Å². The second-order valence-corrected chi connectivity index (χ2v) is 11.5. The predicted molar refractivity (Wildman–Crippen MR) is 169 cm³/mol. The number of nitrogens with two attached hydrogens (primary N) is 1. The minimum absolute atomic E-state index is 0.0616. The Hall–Kier alpha value is -5.02. The molecule has 15 heteroatoms. The number of hydrogen-bond acceptors (Lipinski definition) is 9. The zero-order valence-electron chi connectivity index (χ0n) is 26.2.